The third-order valence-electron chi connectivity index (χ3n) is 8.94. The molecular weight excluding hydrogens is 400 g/mol. The molecule has 2 atom stereocenters. The molecule has 4 aliphatic carbocycles. The zero-order chi connectivity index (χ0) is 22.2. The van der Waals surface area contributed by atoms with Gasteiger partial charge < -0.3 is 9.88 Å². The highest BCUT2D eigenvalue weighted by Crippen LogP contribution is 2.61. The number of hydrogen-bond donors (Lipinski definition) is 1. The Morgan fingerprint density at radius 1 is 1.06 bits per heavy atom. The monoisotopic (exact) mass is 432 g/mol. The summed E-state index contributed by atoms with van der Waals surface area (Å²) in [4.78, 5) is 26.6. The number of rotatable bonds is 4. The Morgan fingerprint density at radius 2 is 1.69 bits per heavy atom. The number of aromatic nitrogens is 3. The Labute approximate surface area is 188 Å². The molecule has 1 N–H and O–H groups in total. The Balaban J connectivity index is 1.35. The van der Waals surface area contributed by atoms with E-state index in [0.717, 1.165) is 34.0 Å². The lowest BCUT2D eigenvalue weighted by Crippen LogP contribution is -2.56. The normalized spacial score (nSPS) is 30.7. The third-order valence-corrected chi connectivity index (χ3v) is 8.94. The fourth-order valence-corrected chi connectivity index (χ4v) is 7.70. The van der Waals surface area contributed by atoms with Crippen molar-refractivity contribution in [3.8, 4) is 0 Å². The van der Waals surface area contributed by atoms with Crippen molar-refractivity contribution in [1.29, 1.82) is 0 Å². The van der Waals surface area contributed by atoms with Crippen LogP contribution in [0.4, 0.5) is 0 Å². The van der Waals surface area contributed by atoms with Crippen LogP contribution in [-0.2, 0) is 11.8 Å². The molecule has 1 aromatic carbocycles. The minimum atomic E-state index is -0.483. The summed E-state index contributed by atoms with van der Waals surface area (Å²) in [6.07, 6.45) is 9.71. The first-order valence-corrected chi connectivity index (χ1v) is 12.1. The van der Waals surface area contributed by atoms with Crippen LogP contribution in [0, 0.1) is 23.2 Å². The summed E-state index contributed by atoms with van der Waals surface area (Å²) in [5, 5.41) is 9.39. The lowest BCUT2D eigenvalue weighted by atomic mass is 9.48. The maximum absolute atomic E-state index is 13.6. The molecular formula is C26H32N4O2. The van der Waals surface area contributed by atoms with Crippen molar-refractivity contribution in [1.82, 2.24) is 19.7 Å². The van der Waals surface area contributed by atoms with Gasteiger partial charge in [0.25, 0.3) is 5.56 Å². The smallest absolute Gasteiger partial charge is 0.291 e. The number of amides is 1. The number of para-hydroxylation sites is 1. The van der Waals surface area contributed by atoms with Crippen molar-refractivity contribution in [2.24, 2.45) is 30.2 Å². The van der Waals surface area contributed by atoms with Crippen molar-refractivity contribution in [3.05, 3.63) is 40.8 Å². The minimum absolute atomic E-state index is 0.00485. The van der Waals surface area contributed by atoms with E-state index < -0.39 is 6.04 Å². The van der Waals surface area contributed by atoms with E-state index in [2.05, 4.69) is 17.3 Å². The molecule has 168 valence electrons. The predicted molar refractivity (Wildman–Crippen MR) is 125 cm³/mol. The van der Waals surface area contributed by atoms with Crippen LogP contribution in [-0.4, -0.2) is 26.3 Å². The third kappa shape index (κ3) is 2.81. The molecule has 0 unspecified atom stereocenters. The lowest BCUT2D eigenvalue weighted by molar-refractivity contribution is -0.128. The summed E-state index contributed by atoms with van der Waals surface area (Å²) in [7, 11) is 1.66. The molecule has 32 heavy (non-hydrogen) atoms. The largest absolute Gasteiger partial charge is 0.351 e. The summed E-state index contributed by atoms with van der Waals surface area (Å²) in [6, 6.07) is 7.58. The van der Waals surface area contributed by atoms with E-state index in [1.807, 2.05) is 35.8 Å². The molecule has 0 radical (unpaired) electrons. The number of aryl methyl sites for hydroxylation is 1. The van der Waals surface area contributed by atoms with Crippen LogP contribution in [0.15, 0.2) is 35.3 Å². The van der Waals surface area contributed by atoms with E-state index in [-0.39, 0.29) is 22.9 Å². The lowest BCUT2D eigenvalue weighted by Gasteiger charge is -2.59. The molecule has 2 aromatic heterocycles. The molecule has 4 bridgehead atoms. The fraction of sp³-hybridized carbons (Fsp3) is 0.577. The first kappa shape index (κ1) is 20.0. The molecule has 7 rings (SSSR count). The van der Waals surface area contributed by atoms with Gasteiger partial charge in [0, 0.05) is 23.9 Å². The summed E-state index contributed by atoms with van der Waals surface area (Å²) in [6.45, 7) is 4.13. The highest BCUT2D eigenvalue weighted by molar-refractivity contribution is 6.08. The molecule has 6 heteroatoms. The van der Waals surface area contributed by atoms with Crippen molar-refractivity contribution < 1.29 is 4.79 Å². The van der Waals surface area contributed by atoms with Gasteiger partial charge in [-0.2, -0.15) is 5.10 Å². The number of nitrogens with zero attached hydrogens (tertiary/aromatic N) is 3. The topological polar surface area (TPSA) is 68.9 Å². The maximum atomic E-state index is 13.6. The molecule has 4 saturated carbocycles. The quantitative estimate of drug-likeness (QED) is 0.673. The zero-order valence-electron chi connectivity index (χ0n) is 19.2. The second-order valence-electron chi connectivity index (χ2n) is 10.9. The maximum Gasteiger partial charge on any atom is 0.291 e. The van der Waals surface area contributed by atoms with E-state index in [1.165, 1.54) is 43.2 Å². The van der Waals surface area contributed by atoms with Gasteiger partial charge in [-0.3, -0.25) is 9.59 Å². The van der Waals surface area contributed by atoms with Gasteiger partial charge in [-0.1, -0.05) is 18.2 Å². The average molecular weight is 433 g/mol. The van der Waals surface area contributed by atoms with Crippen LogP contribution >= 0.6 is 0 Å². The summed E-state index contributed by atoms with van der Waals surface area (Å²) < 4.78 is 3.26. The van der Waals surface area contributed by atoms with Gasteiger partial charge in [0.05, 0.1) is 11.7 Å². The molecule has 0 saturated heterocycles. The van der Waals surface area contributed by atoms with E-state index in [9.17, 15) is 9.59 Å². The zero-order valence-corrected chi connectivity index (χ0v) is 19.2. The number of carbonyl (C=O) groups excluding carboxylic acids is 1. The van der Waals surface area contributed by atoms with E-state index in [4.69, 9.17) is 0 Å². The van der Waals surface area contributed by atoms with E-state index in [0.29, 0.717) is 5.52 Å². The van der Waals surface area contributed by atoms with Crippen molar-refractivity contribution >= 4 is 27.7 Å². The fourth-order valence-electron chi connectivity index (χ4n) is 7.70. The first-order chi connectivity index (χ1) is 15.4. The van der Waals surface area contributed by atoms with Gasteiger partial charge >= 0.3 is 0 Å². The van der Waals surface area contributed by atoms with Gasteiger partial charge in [0.2, 0.25) is 5.91 Å². The highest BCUT2D eigenvalue weighted by atomic mass is 16.2. The molecule has 0 aliphatic heterocycles. The van der Waals surface area contributed by atoms with Crippen LogP contribution in [0.2, 0.25) is 0 Å². The van der Waals surface area contributed by atoms with Crippen LogP contribution in [0.3, 0.4) is 0 Å². The molecule has 1 amide bonds. The van der Waals surface area contributed by atoms with Crippen LogP contribution in [0.1, 0.15) is 58.4 Å². The number of hydrogen-bond acceptors (Lipinski definition) is 3. The molecule has 4 fully saturated rings. The van der Waals surface area contributed by atoms with Gasteiger partial charge in [0.15, 0.2) is 0 Å². The summed E-state index contributed by atoms with van der Waals surface area (Å²) >= 11 is 0. The molecule has 2 heterocycles. The average Bonchev–Trinajstić information content (AvgIpc) is 3.10. The van der Waals surface area contributed by atoms with E-state index >= 15 is 0 Å². The molecule has 0 spiro atoms. The SMILES string of the molecule is C[C@H](NC(=O)[C@H](C)n1c2ccccc2c2cnn(C)c(=O)c21)C12CC3CC(CC(C3)C1)C2. The number of benzene rings is 1. The van der Waals surface area contributed by atoms with Gasteiger partial charge in [-0.15, -0.1) is 0 Å². The number of carbonyl (C=O) groups is 1. The minimum Gasteiger partial charge on any atom is -0.351 e. The van der Waals surface area contributed by atoms with Gasteiger partial charge in [-0.25, -0.2) is 4.68 Å². The molecule has 6 nitrogen and oxygen atoms in total. The first-order valence-electron chi connectivity index (χ1n) is 12.1. The van der Waals surface area contributed by atoms with Crippen LogP contribution in [0.5, 0.6) is 0 Å². The van der Waals surface area contributed by atoms with Crippen LogP contribution in [0.25, 0.3) is 21.8 Å². The molecule has 3 aromatic rings. The number of fused-ring (bicyclic) bond motifs is 3. The Bertz CT molecular complexity index is 1250. The van der Waals surface area contributed by atoms with Gasteiger partial charge in [0.1, 0.15) is 11.6 Å². The standard InChI is InChI=1S/C26H32N4O2/c1-15(24(31)28-16(2)26-11-17-8-18(12-26)10-19(9-17)13-26)30-22-7-5-4-6-20(22)21-14-27-29(3)25(32)23(21)30/h4-7,14-19H,8-13H2,1-3H3,(H,28,31)/t15-,16-,17?,18?,19?,26?/m0/s1. The van der Waals surface area contributed by atoms with Gasteiger partial charge in [-0.05, 0) is 81.6 Å². The Hall–Kier alpha value is -2.63. The van der Waals surface area contributed by atoms with E-state index in [1.54, 1.807) is 13.2 Å². The summed E-state index contributed by atoms with van der Waals surface area (Å²) in [5.41, 5.74) is 1.53. The second-order valence-corrected chi connectivity index (χ2v) is 10.9. The second kappa shape index (κ2) is 6.93. The van der Waals surface area contributed by atoms with Crippen molar-refractivity contribution in [2.75, 3.05) is 0 Å². The Kier molecular flexibility index (Phi) is 4.33. The van der Waals surface area contributed by atoms with Crippen LogP contribution < -0.4 is 10.9 Å². The Morgan fingerprint density at radius 3 is 2.34 bits per heavy atom. The van der Waals surface area contributed by atoms with Crippen molar-refractivity contribution in [3.63, 3.8) is 0 Å². The predicted octanol–water partition coefficient (Wildman–Crippen LogP) is 4.17. The molecule has 4 aliphatic rings. The highest BCUT2D eigenvalue weighted by Gasteiger charge is 2.53. The van der Waals surface area contributed by atoms with Crippen molar-refractivity contribution in [2.45, 2.75) is 64.5 Å². The summed E-state index contributed by atoms with van der Waals surface area (Å²) in [5.74, 6) is 2.55. The number of nitrogens with one attached hydrogen (secondary N) is 1.